The Balaban J connectivity index is 1.50. The molecule has 2 heterocycles. The highest BCUT2D eigenvalue weighted by Gasteiger charge is 2.22. The molecule has 0 radical (unpaired) electrons. The van der Waals surface area contributed by atoms with E-state index in [4.69, 9.17) is 27.9 Å². The van der Waals surface area contributed by atoms with Crippen molar-refractivity contribution in [3.8, 4) is 5.75 Å². The Kier molecular flexibility index (Phi) is 5.37. The van der Waals surface area contributed by atoms with Crippen molar-refractivity contribution in [2.75, 3.05) is 37.7 Å². The minimum Gasteiger partial charge on any atom is -0.482 e. The van der Waals surface area contributed by atoms with Crippen molar-refractivity contribution in [2.45, 2.75) is 0 Å². The SMILES string of the molecule is O=C(COc1ccc(Cl)cc1Cl)N1CCN(c2ncccn2)CC1. The summed E-state index contributed by atoms with van der Waals surface area (Å²) in [6.07, 6.45) is 3.42. The predicted molar refractivity (Wildman–Crippen MR) is 92.8 cm³/mol. The maximum atomic E-state index is 12.3. The third-order valence-corrected chi connectivity index (χ3v) is 4.24. The van der Waals surface area contributed by atoms with Crippen LogP contribution in [0.1, 0.15) is 0 Å². The molecular formula is C16H16Cl2N4O2. The molecule has 126 valence electrons. The standard InChI is InChI=1S/C16H16Cl2N4O2/c17-12-2-3-14(13(18)10-12)24-11-15(23)21-6-8-22(9-7-21)16-19-4-1-5-20-16/h1-5,10H,6-9,11H2. The molecule has 0 spiro atoms. The fourth-order valence-electron chi connectivity index (χ4n) is 2.43. The second-order valence-electron chi connectivity index (χ2n) is 5.28. The summed E-state index contributed by atoms with van der Waals surface area (Å²) in [4.78, 5) is 24.6. The molecule has 24 heavy (non-hydrogen) atoms. The number of hydrogen-bond donors (Lipinski definition) is 0. The van der Waals surface area contributed by atoms with Gasteiger partial charge in [0.05, 0.1) is 5.02 Å². The number of benzene rings is 1. The van der Waals surface area contributed by atoms with E-state index in [0.717, 1.165) is 0 Å². The lowest BCUT2D eigenvalue weighted by atomic mass is 10.3. The molecule has 0 aliphatic carbocycles. The van der Waals surface area contributed by atoms with Gasteiger partial charge < -0.3 is 14.5 Å². The number of nitrogens with zero attached hydrogens (tertiary/aromatic N) is 4. The summed E-state index contributed by atoms with van der Waals surface area (Å²) in [5, 5.41) is 0.916. The molecule has 3 rings (SSSR count). The van der Waals surface area contributed by atoms with Crippen LogP contribution in [0.25, 0.3) is 0 Å². The number of aromatic nitrogens is 2. The van der Waals surface area contributed by atoms with Crippen molar-refractivity contribution >= 4 is 35.1 Å². The van der Waals surface area contributed by atoms with Crippen molar-refractivity contribution in [3.05, 3.63) is 46.7 Å². The molecule has 6 nitrogen and oxygen atoms in total. The number of piperazine rings is 1. The first-order valence-corrected chi connectivity index (χ1v) is 8.26. The van der Waals surface area contributed by atoms with Gasteiger partial charge >= 0.3 is 0 Å². The van der Waals surface area contributed by atoms with E-state index in [-0.39, 0.29) is 12.5 Å². The summed E-state index contributed by atoms with van der Waals surface area (Å²) in [5.74, 6) is 1.06. The van der Waals surface area contributed by atoms with Gasteiger partial charge in [-0.3, -0.25) is 4.79 Å². The Bertz CT molecular complexity index is 706. The van der Waals surface area contributed by atoms with E-state index in [0.29, 0.717) is 47.9 Å². The number of anilines is 1. The number of halogens is 2. The number of carbonyl (C=O) groups is 1. The maximum absolute atomic E-state index is 12.3. The summed E-state index contributed by atoms with van der Waals surface area (Å²) in [7, 11) is 0. The van der Waals surface area contributed by atoms with Gasteiger partial charge in [0.1, 0.15) is 5.75 Å². The van der Waals surface area contributed by atoms with E-state index in [9.17, 15) is 4.79 Å². The lowest BCUT2D eigenvalue weighted by Gasteiger charge is -2.34. The minimum absolute atomic E-state index is 0.0524. The summed E-state index contributed by atoms with van der Waals surface area (Å²) in [6.45, 7) is 2.54. The van der Waals surface area contributed by atoms with E-state index in [1.54, 1.807) is 41.6 Å². The van der Waals surface area contributed by atoms with E-state index >= 15 is 0 Å². The van der Waals surface area contributed by atoms with Gasteiger partial charge in [-0.25, -0.2) is 9.97 Å². The van der Waals surface area contributed by atoms with Gasteiger partial charge in [0.25, 0.3) is 5.91 Å². The largest absolute Gasteiger partial charge is 0.482 e. The van der Waals surface area contributed by atoms with E-state index in [1.807, 2.05) is 0 Å². The van der Waals surface area contributed by atoms with Gasteiger partial charge in [-0.05, 0) is 24.3 Å². The second kappa shape index (κ2) is 7.68. The van der Waals surface area contributed by atoms with Gasteiger partial charge in [0, 0.05) is 43.6 Å². The molecule has 1 saturated heterocycles. The van der Waals surface area contributed by atoms with Crippen LogP contribution in [0.4, 0.5) is 5.95 Å². The van der Waals surface area contributed by atoms with Crippen molar-refractivity contribution in [1.29, 1.82) is 0 Å². The fourth-order valence-corrected chi connectivity index (χ4v) is 2.90. The first-order chi connectivity index (χ1) is 11.6. The highest BCUT2D eigenvalue weighted by molar-refractivity contribution is 6.35. The van der Waals surface area contributed by atoms with Crippen LogP contribution in [0.2, 0.25) is 10.0 Å². The smallest absolute Gasteiger partial charge is 0.260 e. The highest BCUT2D eigenvalue weighted by Crippen LogP contribution is 2.27. The van der Waals surface area contributed by atoms with Crippen LogP contribution in [-0.4, -0.2) is 53.6 Å². The number of rotatable bonds is 4. The first-order valence-electron chi connectivity index (χ1n) is 7.51. The Hall–Kier alpha value is -2.05. The summed E-state index contributed by atoms with van der Waals surface area (Å²) in [6, 6.07) is 6.69. The quantitative estimate of drug-likeness (QED) is 0.831. The molecule has 0 saturated carbocycles. The number of ether oxygens (including phenoxy) is 1. The van der Waals surface area contributed by atoms with Gasteiger partial charge in [-0.2, -0.15) is 0 Å². The van der Waals surface area contributed by atoms with Crippen LogP contribution in [-0.2, 0) is 4.79 Å². The lowest BCUT2D eigenvalue weighted by molar-refractivity contribution is -0.133. The van der Waals surface area contributed by atoms with Gasteiger partial charge in [0.2, 0.25) is 5.95 Å². The molecule has 0 N–H and O–H groups in total. The molecule has 1 fully saturated rings. The predicted octanol–water partition coefficient (Wildman–Crippen LogP) is 2.51. The average molecular weight is 367 g/mol. The van der Waals surface area contributed by atoms with Crippen LogP contribution in [0.15, 0.2) is 36.7 Å². The summed E-state index contributed by atoms with van der Waals surface area (Å²) >= 11 is 11.9. The molecule has 1 aromatic heterocycles. The van der Waals surface area contributed by atoms with Gasteiger partial charge in [0.15, 0.2) is 6.61 Å². The Morgan fingerprint density at radius 2 is 1.83 bits per heavy atom. The Morgan fingerprint density at radius 1 is 1.12 bits per heavy atom. The third kappa shape index (κ3) is 4.07. The van der Waals surface area contributed by atoms with Crippen LogP contribution < -0.4 is 9.64 Å². The fraction of sp³-hybridized carbons (Fsp3) is 0.312. The van der Waals surface area contributed by atoms with Crippen molar-refractivity contribution in [2.24, 2.45) is 0 Å². The number of amides is 1. The molecule has 8 heteroatoms. The van der Waals surface area contributed by atoms with Gasteiger partial charge in [-0.15, -0.1) is 0 Å². The average Bonchev–Trinajstić information content (AvgIpc) is 2.62. The first kappa shape index (κ1) is 16.8. The Morgan fingerprint density at radius 3 is 2.50 bits per heavy atom. The van der Waals surface area contributed by atoms with E-state index in [2.05, 4.69) is 14.9 Å². The molecule has 0 bridgehead atoms. The molecular weight excluding hydrogens is 351 g/mol. The monoisotopic (exact) mass is 366 g/mol. The summed E-state index contributed by atoms with van der Waals surface area (Å²) < 4.78 is 5.50. The maximum Gasteiger partial charge on any atom is 0.260 e. The minimum atomic E-state index is -0.0744. The lowest BCUT2D eigenvalue weighted by Crippen LogP contribution is -2.50. The number of hydrogen-bond acceptors (Lipinski definition) is 5. The molecule has 2 aromatic rings. The third-order valence-electron chi connectivity index (χ3n) is 3.71. The molecule has 1 aliphatic rings. The van der Waals surface area contributed by atoms with E-state index < -0.39 is 0 Å². The highest BCUT2D eigenvalue weighted by atomic mass is 35.5. The molecule has 0 atom stereocenters. The van der Waals surface area contributed by atoms with Crippen molar-refractivity contribution in [3.63, 3.8) is 0 Å². The van der Waals surface area contributed by atoms with Crippen molar-refractivity contribution < 1.29 is 9.53 Å². The zero-order valence-electron chi connectivity index (χ0n) is 12.9. The zero-order valence-corrected chi connectivity index (χ0v) is 14.4. The molecule has 1 aromatic carbocycles. The molecule has 1 aliphatic heterocycles. The normalized spacial score (nSPS) is 14.6. The molecule has 0 unspecified atom stereocenters. The van der Waals surface area contributed by atoms with Gasteiger partial charge in [-0.1, -0.05) is 23.2 Å². The van der Waals surface area contributed by atoms with Crippen molar-refractivity contribution in [1.82, 2.24) is 14.9 Å². The topological polar surface area (TPSA) is 58.6 Å². The molecule has 1 amide bonds. The number of carbonyl (C=O) groups excluding carboxylic acids is 1. The van der Waals surface area contributed by atoms with E-state index in [1.165, 1.54) is 0 Å². The second-order valence-corrected chi connectivity index (χ2v) is 6.12. The van der Waals surface area contributed by atoms with Crippen LogP contribution in [0, 0.1) is 0 Å². The Labute approximate surface area is 150 Å². The van der Waals surface area contributed by atoms with Crippen LogP contribution in [0.3, 0.4) is 0 Å². The summed E-state index contributed by atoms with van der Waals surface area (Å²) in [5.41, 5.74) is 0. The van der Waals surface area contributed by atoms with Crippen LogP contribution in [0.5, 0.6) is 5.75 Å². The zero-order chi connectivity index (χ0) is 16.9. The van der Waals surface area contributed by atoms with Crippen LogP contribution >= 0.6 is 23.2 Å².